The van der Waals surface area contributed by atoms with Crippen molar-refractivity contribution in [3.8, 4) is 0 Å². The molecule has 6 heteroatoms. The summed E-state index contributed by atoms with van der Waals surface area (Å²) < 4.78 is 0. The lowest BCUT2D eigenvalue weighted by Crippen LogP contribution is -2.30. The molecule has 1 aromatic rings. The first-order valence-electron chi connectivity index (χ1n) is 6.44. The Morgan fingerprint density at radius 2 is 2.05 bits per heavy atom. The molecule has 0 aromatic heterocycles. The number of nitrogens with one attached hydrogen (secondary N) is 1. The van der Waals surface area contributed by atoms with E-state index in [1.807, 2.05) is 0 Å². The van der Waals surface area contributed by atoms with E-state index in [-0.39, 0.29) is 17.7 Å². The lowest BCUT2D eigenvalue weighted by Gasteiger charge is -2.27. The monoisotopic (exact) mass is 265 g/mol. The zero-order chi connectivity index (χ0) is 13.9. The molecule has 1 saturated carbocycles. The molecule has 1 aliphatic carbocycles. The summed E-state index contributed by atoms with van der Waals surface area (Å²) in [7, 11) is 0. The molecule has 0 atom stereocenters. The normalized spacial score (nSPS) is 17.3. The summed E-state index contributed by atoms with van der Waals surface area (Å²) in [5.74, 6) is 0. The maximum Gasteiger partial charge on any atom is 0.273 e. The number of nitro benzene ring substituents is 1. The van der Waals surface area contributed by atoms with E-state index in [1.165, 1.54) is 12.1 Å². The van der Waals surface area contributed by atoms with Crippen molar-refractivity contribution < 1.29 is 10.0 Å². The van der Waals surface area contributed by atoms with Crippen LogP contribution in [0.2, 0.25) is 0 Å². The van der Waals surface area contributed by atoms with Crippen LogP contribution in [0.1, 0.15) is 25.7 Å². The highest BCUT2D eigenvalue weighted by atomic mass is 16.6. The van der Waals surface area contributed by atoms with Crippen LogP contribution >= 0.6 is 0 Å². The fraction of sp³-hybridized carbons (Fsp3) is 0.538. The van der Waals surface area contributed by atoms with Gasteiger partial charge in [-0.05, 0) is 18.9 Å². The quantitative estimate of drug-likeness (QED) is 0.430. The predicted molar refractivity (Wildman–Crippen MR) is 74.0 cm³/mol. The molecule has 104 valence electrons. The first-order chi connectivity index (χ1) is 9.04. The predicted octanol–water partition coefficient (Wildman–Crippen LogP) is 2.14. The van der Waals surface area contributed by atoms with Gasteiger partial charge in [0, 0.05) is 35.5 Å². The summed E-state index contributed by atoms with van der Waals surface area (Å²) in [6, 6.07) is 4.48. The Kier molecular flexibility index (Phi) is 3.90. The highest BCUT2D eigenvalue weighted by Gasteiger charge is 2.32. The summed E-state index contributed by atoms with van der Waals surface area (Å²) in [6.07, 6.45) is 4.22. The minimum Gasteiger partial charge on any atom is -0.398 e. The van der Waals surface area contributed by atoms with Crippen LogP contribution in [-0.2, 0) is 0 Å². The number of hydrogen-bond acceptors (Lipinski definition) is 5. The van der Waals surface area contributed by atoms with Gasteiger partial charge >= 0.3 is 0 Å². The number of non-ortho nitro benzene ring substituents is 1. The molecule has 0 heterocycles. The van der Waals surface area contributed by atoms with Gasteiger partial charge in [0.15, 0.2) is 0 Å². The number of nitro groups is 1. The van der Waals surface area contributed by atoms with Crippen molar-refractivity contribution in [2.24, 2.45) is 5.41 Å². The number of nitrogens with zero attached hydrogens (tertiary/aromatic N) is 1. The minimum atomic E-state index is -0.459. The highest BCUT2D eigenvalue weighted by Crippen LogP contribution is 2.38. The zero-order valence-corrected chi connectivity index (χ0v) is 10.8. The van der Waals surface area contributed by atoms with Crippen molar-refractivity contribution in [1.82, 2.24) is 0 Å². The summed E-state index contributed by atoms with van der Waals surface area (Å²) in [5, 5.41) is 23.5. The van der Waals surface area contributed by atoms with Gasteiger partial charge in [-0.25, -0.2) is 0 Å². The largest absolute Gasteiger partial charge is 0.398 e. The van der Waals surface area contributed by atoms with E-state index >= 15 is 0 Å². The smallest absolute Gasteiger partial charge is 0.273 e. The molecule has 0 saturated heterocycles. The molecule has 1 aliphatic rings. The van der Waals surface area contributed by atoms with Crippen LogP contribution in [0, 0.1) is 15.5 Å². The van der Waals surface area contributed by atoms with Gasteiger partial charge in [-0.1, -0.05) is 12.8 Å². The number of nitrogen functional groups attached to an aromatic ring is 1. The van der Waals surface area contributed by atoms with Gasteiger partial charge in [-0.2, -0.15) is 0 Å². The average Bonchev–Trinajstić information content (AvgIpc) is 2.85. The molecule has 0 spiro atoms. The van der Waals surface area contributed by atoms with Gasteiger partial charge in [-0.3, -0.25) is 10.1 Å². The van der Waals surface area contributed by atoms with E-state index in [9.17, 15) is 15.2 Å². The van der Waals surface area contributed by atoms with Crippen molar-refractivity contribution in [3.05, 3.63) is 28.3 Å². The molecule has 19 heavy (non-hydrogen) atoms. The van der Waals surface area contributed by atoms with Crippen molar-refractivity contribution in [2.75, 3.05) is 24.2 Å². The molecular formula is C13H19N3O3. The second kappa shape index (κ2) is 5.44. The Balaban J connectivity index is 2.08. The first-order valence-corrected chi connectivity index (χ1v) is 6.44. The fourth-order valence-electron chi connectivity index (χ4n) is 2.65. The lowest BCUT2D eigenvalue weighted by molar-refractivity contribution is -0.384. The summed E-state index contributed by atoms with van der Waals surface area (Å²) >= 11 is 0. The van der Waals surface area contributed by atoms with E-state index in [0.29, 0.717) is 17.9 Å². The average molecular weight is 265 g/mol. The Bertz CT molecular complexity index is 470. The summed E-state index contributed by atoms with van der Waals surface area (Å²) in [6.45, 7) is 0.758. The second-order valence-corrected chi connectivity index (χ2v) is 5.29. The highest BCUT2D eigenvalue weighted by molar-refractivity contribution is 5.61. The fourth-order valence-corrected chi connectivity index (χ4v) is 2.65. The topological polar surface area (TPSA) is 101 Å². The van der Waals surface area contributed by atoms with Crippen molar-refractivity contribution >= 4 is 17.1 Å². The van der Waals surface area contributed by atoms with Gasteiger partial charge < -0.3 is 16.2 Å². The van der Waals surface area contributed by atoms with Crippen LogP contribution in [0.15, 0.2) is 18.2 Å². The first kappa shape index (κ1) is 13.6. The molecule has 0 amide bonds. The molecule has 0 unspecified atom stereocenters. The standard InChI is InChI=1S/C13H19N3O3/c14-10-5-11(7-12(6-10)16(18)19)15-8-13(9-17)3-1-2-4-13/h5-7,15,17H,1-4,8-9,14H2. The van der Waals surface area contributed by atoms with Crippen molar-refractivity contribution in [3.63, 3.8) is 0 Å². The Morgan fingerprint density at radius 3 is 2.63 bits per heavy atom. The molecule has 2 rings (SSSR count). The van der Waals surface area contributed by atoms with Gasteiger partial charge in [0.25, 0.3) is 5.69 Å². The summed E-state index contributed by atoms with van der Waals surface area (Å²) in [4.78, 5) is 10.3. The zero-order valence-electron chi connectivity index (χ0n) is 10.8. The van der Waals surface area contributed by atoms with Gasteiger partial charge in [0.1, 0.15) is 0 Å². The lowest BCUT2D eigenvalue weighted by atomic mass is 9.87. The third-order valence-electron chi connectivity index (χ3n) is 3.82. The molecule has 4 N–H and O–H groups in total. The third-order valence-corrected chi connectivity index (χ3v) is 3.82. The number of aliphatic hydroxyl groups is 1. The van der Waals surface area contributed by atoms with Crippen LogP contribution in [0.3, 0.4) is 0 Å². The minimum absolute atomic E-state index is 0.0213. The second-order valence-electron chi connectivity index (χ2n) is 5.29. The number of anilines is 2. The van der Waals surface area contributed by atoms with Crippen LogP contribution in [-0.4, -0.2) is 23.2 Å². The summed E-state index contributed by atoms with van der Waals surface area (Å²) in [5.41, 5.74) is 6.53. The Hall–Kier alpha value is -1.82. The SMILES string of the molecule is Nc1cc(NCC2(CO)CCCC2)cc([N+](=O)[O-])c1. The van der Waals surface area contributed by atoms with Crippen LogP contribution in [0.25, 0.3) is 0 Å². The van der Waals surface area contributed by atoms with Crippen LogP contribution in [0.5, 0.6) is 0 Å². The molecule has 6 nitrogen and oxygen atoms in total. The molecular weight excluding hydrogens is 246 g/mol. The van der Waals surface area contributed by atoms with E-state index in [4.69, 9.17) is 5.73 Å². The van der Waals surface area contributed by atoms with Crippen LogP contribution in [0.4, 0.5) is 17.1 Å². The number of nitrogens with two attached hydrogens (primary N) is 1. The molecule has 0 bridgehead atoms. The molecule has 0 aliphatic heterocycles. The van der Waals surface area contributed by atoms with Gasteiger partial charge in [-0.15, -0.1) is 0 Å². The number of benzene rings is 1. The molecule has 0 radical (unpaired) electrons. The van der Waals surface area contributed by atoms with E-state index in [0.717, 1.165) is 25.7 Å². The Labute approximate surface area is 111 Å². The number of hydrogen-bond donors (Lipinski definition) is 3. The number of aliphatic hydroxyl groups excluding tert-OH is 1. The number of rotatable bonds is 5. The van der Waals surface area contributed by atoms with E-state index < -0.39 is 4.92 Å². The van der Waals surface area contributed by atoms with Gasteiger partial charge in [0.2, 0.25) is 0 Å². The van der Waals surface area contributed by atoms with Crippen molar-refractivity contribution in [1.29, 1.82) is 0 Å². The third kappa shape index (κ3) is 3.14. The molecule has 1 aromatic carbocycles. The maximum absolute atomic E-state index is 10.8. The maximum atomic E-state index is 10.8. The van der Waals surface area contributed by atoms with E-state index in [2.05, 4.69) is 5.32 Å². The molecule has 1 fully saturated rings. The van der Waals surface area contributed by atoms with Crippen molar-refractivity contribution in [2.45, 2.75) is 25.7 Å². The Morgan fingerprint density at radius 1 is 1.37 bits per heavy atom. The van der Waals surface area contributed by atoms with E-state index in [1.54, 1.807) is 6.07 Å². The van der Waals surface area contributed by atoms with Gasteiger partial charge in [0.05, 0.1) is 11.5 Å². The van der Waals surface area contributed by atoms with Crippen LogP contribution < -0.4 is 11.1 Å².